The largest absolute Gasteiger partial charge is 0.466 e. The molecule has 0 saturated carbocycles. The number of hydrogen-bond donors (Lipinski definition) is 1. The van der Waals surface area contributed by atoms with Crippen molar-refractivity contribution in [1.82, 2.24) is 0 Å². The highest BCUT2D eigenvalue weighted by Gasteiger charge is 1.92. The number of carbonyl (C=O) groups is 1. The van der Waals surface area contributed by atoms with Gasteiger partial charge in [-0.25, -0.2) is 0 Å². The van der Waals surface area contributed by atoms with Crippen molar-refractivity contribution in [3.63, 3.8) is 0 Å². The molecule has 0 rings (SSSR count). The second kappa shape index (κ2) is 15.9. The molecule has 0 saturated heterocycles. The summed E-state index contributed by atoms with van der Waals surface area (Å²) in [4.78, 5) is 10.4. The molecule has 0 unspecified atom stereocenters. The molecule has 0 amide bonds. The predicted octanol–water partition coefficient (Wildman–Crippen LogP) is 2.91. The average molecular weight is 218 g/mol. The quantitative estimate of drug-likeness (QED) is 0.528. The first-order valence-electron chi connectivity index (χ1n) is 5.93. The third-order valence-electron chi connectivity index (χ3n) is 1.80. The van der Waals surface area contributed by atoms with E-state index < -0.39 is 0 Å². The van der Waals surface area contributed by atoms with Gasteiger partial charge in [0, 0.05) is 13.5 Å². The van der Waals surface area contributed by atoms with Gasteiger partial charge in [0.05, 0.1) is 6.61 Å². The molecule has 0 atom stereocenters. The Hall–Kier alpha value is -0.570. The molecule has 0 heterocycles. The zero-order valence-electron chi connectivity index (χ0n) is 10.4. The van der Waals surface area contributed by atoms with Crippen LogP contribution in [0.15, 0.2) is 0 Å². The van der Waals surface area contributed by atoms with Crippen molar-refractivity contribution in [3.8, 4) is 0 Å². The molecule has 0 spiro atoms. The Bertz CT molecular complexity index is 124. The van der Waals surface area contributed by atoms with Crippen molar-refractivity contribution in [2.75, 3.05) is 13.2 Å². The lowest BCUT2D eigenvalue weighted by Crippen LogP contribution is -1.99. The lowest BCUT2D eigenvalue weighted by Gasteiger charge is -2.01. The van der Waals surface area contributed by atoms with Gasteiger partial charge in [0.1, 0.15) is 0 Å². The molecule has 0 aliphatic rings. The van der Waals surface area contributed by atoms with Crippen molar-refractivity contribution >= 4 is 5.97 Å². The van der Waals surface area contributed by atoms with Gasteiger partial charge in [0.2, 0.25) is 0 Å². The zero-order chi connectivity index (χ0) is 11.9. The number of carbonyl (C=O) groups excluding carboxylic acids is 1. The number of rotatable bonds is 7. The fraction of sp³-hybridized carbons (Fsp3) is 0.917. The number of unbranched alkanes of at least 4 members (excludes halogenated alkanes) is 5. The minimum absolute atomic E-state index is 0.163. The molecule has 3 nitrogen and oxygen atoms in total. The summed E-state index contributed by atoms with van der Waals surface area (Å²) in [6.07, 6.45) is 7.40. The Morgan fingerprint density at radius 3 is 2.00 bits per heavy atom. The minimum atomic E-state index is -0.163. The molecule has 0 bridgehead atoms. The summed E-state index contributed by atoms with van der Waals surface area (Å²) >= 11 is 0. The van der Waals surface area contributed by atoms with E-state index in [-0.39, 0.29) is 12.6 Å². The molecule has 1 N–H and O–H groups in total. The van der Waals surface area contributed by atoms with Crippen molar-refractivity contribution in [2.45, 2.75) is 59.3 Å². The molecule has 0 aromatic rings. The summed E-state index contributed by atoms with van der Waals surface area (Å²) in [6.45, 7) is 6.19. The van der Waals surface area contributed by atoms with E-state index in [9.17, 15) is 4.79 Å². The fourth-order valence-electron chi connectivity index (χ4n) is 1.10. The van der Waals surface area contributed by atoms with Gasteiger partial charge in [-0.15, -0.1) is 0 Å². The van der Waals surface area contributed by atoms with Gasteiger partial charge in [0.15, 0.2) is 0 Å². The van der Waals surface area contributed by atoms with Crippen molar-refractivity contribution < 1.29 is 14.6 Å². The van der Waals surface area contributed by atoms with Gasteiger partial charge in [-0.05, 0) is 13.3 Å². The van der Waals surface area contributed by atoms with Crippen LogP contribution in [-0.2, 0) is 9.53 Å². The monoisotopic (exact) mass is 218 g/mol. The Morgan fingerprint density at radius 2 is 1.53 bits per heavy atom. The van der Waals surface area contributed by atoms with Crippen LogP contribution in [0.3, 0.4) is 0 Å². The van der Waals surface area contributed by atoms with Gasteiger partial charge < -0.3 is 9.84 Å². The van der Waals surface area contributed by atoms with Gasteiger partial charge in [-0.2, -0.15) is 0 Å². The van der Waals surface area contributed by atoms with E-state index in [2.05, 4.69) is 6.92 Å². The maximum absolute atomic E-state index is 10.4. The highest BCUT2D eigenvalue weighted by atomic mass is 16.5. The van der Waals surface area contributed by atoms with Gasteiger partial charge in [-0.1, -0.05) is 39.0 Å². The van der Waals surface area contributed by atoms with Crippen molar-refractivity contribution in [2.24, 2.45) is 0 Å². The summed E-state index contributed by atoms with van der Waals surface area (Å²) < 4.78 is 4.81. The average Bonchev–Trinajstić information content (AvgIpc) is 2.17. The molecule has 0 fully saturated rings. The summed E-state index contributed by atoms with van der Waals surface area (Å²) in [5.74, 6) is -0.163. The van der Waals surface area contributed by atoms with Gasteiger partial charge in [0.25, 0.3) is 0 Å². The first-order chi connectivity index (χ1) is 7.18. The Balaban J connectivity index is 0. The zero-order valence-corrected chi connectivity index (χ0v) is 10.4. The van der Waals surface area contributed by atoms with Crippen LogP contribution in [0.1, 0.15) is 59.3 Å². The molecule has 0 aliphatic carbocycles. The molecule has 92 valence electrons. The van der Waals surface area contributed by atoms with Crippen LogP contribution < -0.4 is 0 Å². The molecular formula is C12H26O3. The van der Waals surface area contributed by atoms with E-state index in [1.807, 2.05) is 0 Å². The molecule has 3 heteroatoms. The lowest BCUT2D eigenvalue weighted by atomic mass is 10.1. The van der Waals surface area contributed by atoms with E-state index in [4.69, 9.17) is 9.84 Å². The first-order valence-corrected chi connectivity index (χ1v) is 5.93. The smallest absolute Gasteiger partial charge is 0.302 e. The Labute approximate surface area is 93.8 Å². The number of aliphatic hydroxyl groups excluding tert-OH is 1. The summed E-state index contributed by atoms with van der Waals surface area (Å²) in [5.41, 5.74) is 0. The van der Waals surface area contributed by atoms with Crippen LogP contribution >= 0.6 is 0 Å². The van der Waals surface area contributed by atoms with E-state index >= 15 is 0 Å². The molecular weight excluding hydrogens is 192 g/mol. The minimum Gasteiger partial charge on any atom is -0.466 e. The number of ether oxygens (including phenoxy) is 1. The van der Waals surface area contributed by atoms with E-state index in [1.54, 1.807) is 6.92 Å². The van der Waals surface area contributed by atoms with Crippen LogP contribution in [0.25, 0.3) is 0 Å². The van der Waals surface area contributed by atoms with Crippen LogP contribution in [0.2, 0.25) is 0 Å². The van der Waals surface area contributed by atoms with Crippen LogP contribution in [-0.4, -0.2) is 24.3 Å². The molecule has 0 radical (unpaired) electrons. The first kappa shape index (κ1) is 16.8. The molecule has 0 aromatic carbocycles. The van der Waals surface area contributed by atoms with E-state index in [1.165, 1.54) is 39.0 Å². The molecule has 15 heavy (non-hydrogen) atoms. The van der Waals surface area contributed by atoms with Crippen molar-refractivity contribution in [3.05, 3.63) is 0 Å². The SMILES string of the molecule is CCCCCCCCOC(C)=O.CCO. The summed E-state index contributed by atoms with van der Waals surface area (Å²) in [6, 6.07) is 0. The standard InChI is InChI=1S/C10H20O2.C2H6O/c1-3-4-5-6-7-8-9-12-10(2)11;1-2-3/h3-9H2,1-2H3;3H,2H2,1H3. The van der Waals surface area contributed by atoms with Crippen LogP contribution in [0.4, 0.5) is 0 Å². The highest BCUT2D eigenvalue weighted by molar-refractivity contribution is 5.65. The third kappa shape index (κ3) is 24.7. The topological polar surface area (TPSA) is 46.5 Å². The maximum atomic E-state index is 10.4. The maximum Gasteiger partial charge on any atom is 0.302 e. The summed E-state index contributed by atoms with van der Waals surface area (Å²) in [5, 5.41) is 7.57. The number of hydrogen-bond acceptors (Lipinski definition) is 3. The number of aliphatic hydroxyl groups is 1. The normalized spacial score (nSPS) is 9.07. The second-order valence-corrected chi connectivity index (χ2v) is 3.42. The molecule has 0 aliphatic heterocycles. The van der Waals surface area contributed by atoms with Crippen molar-refractivity contribution in [1.29, 1.82) is 0 Å². The third-order valence-corrected chi connectivity index (χ3v) is 1.80. The van der Waals surface area contributed by atoms with Crippen LogP contribution in [0, 0.1) is 0 Å². The predicted molar refractivity (Wildman–Crippen MR) is 62.8 cm³/mol. The molecule has 0 aromatic heterocycles. The fourth-order valence-corrected chi connectivity index (χ4v) is 1.10. The second-order valence-electron chi connectivity index (χ2n) is 3.42. The van der Waals surface area contributed by atoms with Gasteiger partial charge in [-0.3, -0.25) is 4.79 Å². The lowest BCUT2D eigenvalue weighted by molar-refractivity contribution is -0.141. The summed E-state index contributed by atoms with van der Waals surface area (Å²) in [7, 11) is 0. The van der Waals surface area contributed by atoms with E-state index in [0.29, 0.717) is 6.61 Å². The number of esters is 1. The van der Waals surface area contributed by atoms with Gasteiger partial charge >= 0.3 is 5.97 Å². The Morgan fingerprint density at radius 1 is 1.07 bits per heavy atom. The van der Waals surface area contributed by atoms with Crippen LogP contribution in [0.5, 0.6) is 0 Å². The highest BCUT2D eigenvalue weighted by Crippen LogP contribution is 2.04. The van der Waals surface area contributed by atoms with E-state index in [0.717, 1.165) is 6.42 Å². The Kier molecular flexibility index (Phi) is 17.8.